The van der Waals surface area contributed by atoms with Crippen LogP contribution < -0.4 is 9.62 Å². The van der Waals surface area contributed by atoms with E-state index in [1.165, 1.54) is 23.1 Å². The molecule has 2 amide bonds. The first-order valence-corrected chi connectivity index (χ1v) is 16.4. The summed E-state index contributed by atoms with van der Waals surface area (Å²) >= 11 is 9.76. The normalized spacial score (nSPS) is 11.9. The monoisotopic (exact) mass is 681 g/mol. The van der Waals surface area contributed by atoms with Gasteiger partial charge in [0.2, 0.25) is 11.8 Å². The van der Waals surface area contributed by atoms with E-state index < -0.39 is 28.5 Å². The summed E-state index contributed by atoms with van der Waals surface area (Å²) in [4.78, 5) is 29.4. The molecule has 0 radical (unpaired) electrons. The van der Waals surface area contributed by atoms with Gasteiger partial charge in [0.1, 0.15) is 12.6 Å². The zero-order valence-electron chi connectivity index (χ0n) is 23.9. The van der Waals surface area contributed by atoms with Crippen LogP contribution in [0.5, 0.6) is 0 Å². The third-order valence-corrected chi connectivity index (χ3v) is 9.36. The molecule has 1 unspecified atom stereocenters. The maximum Gasteiger partial charge on any atom is 0.264 e. The standard InChI is InChI=1S/C33H33BrClN3O4S/c1-3-36-33(40)31(20-25-9-5-4-6-10-25)37(22-26-11-7-12-27(34)19-26)32(39)23-38(29-14-8-13-28(35)21-29)43(41,42)30-17-15-24(2)16-18-30/h4-19,21,31H,3,20,22-23H2,1-2H3,(H,36,40). The number of hydrogen-bond acceptors (Lipinski definition) is 4. The van der Waals surface area contributed by atoms with Crippen LogP contribution in [0.25, 0.3) is 0 Å². The Morgan fingerprint density at radius 3 is 2.21 bits per heavy atom. The molecule has 0 aliphatic heterocycles. The van der Waals surface area contributed by atoms with Crippen LogP contribution in [0, 0.1) is 6.92 Å². The van der Waals surface area contributed by atoms with Crippen molar-refractivity contribution in [1.29, 1.82) is 0 Å². The van der Waals surface area contributed by atoms with Crippen LogP contribution in [0.3, 0.4) is 0 Å². The first-order chi connectivity index (χ1) is 20.6. The molecule has 10 heteroatoms. The summed E-state index contributed by atoms with van der Waals surface area (Å²) in [6.45, 7) is 3.59. The molecule has 224 valence electrons. The van der Waals surface area contributed by atoms with Crippen molar-refractivity contribution in [3.8, 4) is 0 Å². The van der Waals surface area contributed by atoms with Crippen molar-refractivity contribution in [3.05, 3.63) is 129 Å². The number of sulfonamides is 1. The first-order valence-electron chi connectivity index (χ1n) is 13.8. The van der Waals surface area contributed by atoms with Gasteiger partial charge in [-0.1, -0.05) is 93.8 Å². The highest BCUT2D eigenvalue weighted by Crippen LogP contribution is 2.27. The van der Waals surface area contributed by atoms with E-state index in [1.54, 1.807) is 30.3 Å². The summed E-state index contributed by atoms with van der Waals surface area (Å²) in [7, 11) is -4.19. The molecule has 4 aromatic rings. The largest absolute Gasteiger partial charge is 0.355 e. The maximum atomic E-state index is 14.4. The average molecular weight is 683 g/mol. The number of anilines is 1. The molecule has 4 aromatic carbocycles. The van der Waals surface area contributed by atoms with Crippen molar-refractivity contribution in [2.24, 2.45) is 0 Å². The molecule has 0 bridgehead atoms. The molecule has 0 aliphatic carbocycles. The lowest BCUT2D eigenvalue weighted by atomic mass is 10.0. The molecule has 0 aromatic heterocycles. The van der Waals surface area contributed by atoms with Gasteiger partial charge in [0.05, 0.1) is 10.6 Å². The second-order valence-corrected chi connectivity index (χ2v) is 13.3. The molecule has 43 heavy (non-hydrogen) atoms. The van der Waals surface area contributed by atoms with Crippen molar-refractivity contribution in [1.82, 2.24) is 10.2 Å². The van der Waals surface area contributed by atoms with E-state index in [9.17, 15) is 18.0 Å². The third-order valence-electron chi connectivity index (χ3n) is 6.85. The molecule has 0 saturated carbocycles. The zero-order valence-corrected chi connectivity index (χ0v) is 27.1. The van der Waals surface area contributed by atoms with Gasteiger partial charge >= 0.3 is 0 Å². The van der Waals surface area contributed by atoms with Gasteiger partial charge in [-0.05, 0) is 67.4 Å². The molecule has 0 spiro atoms. The van der Waals surface area contributed by atoms with E-state index in [4.69, 9.17) is 11.6 Å². The Morgan fingerprint density at radius 2 is 1.56 bits per heavy atom. The summed E-state index contributed by atoms with van der Waals surface area (Å²) in [5.74, 6) is -0.867. The number of likely N-dealkylation sites (N-methyl/N-ethyl adjacent to an activating group) is 1. The predicted octanol–water partition coefficient (Wildman–Crippen LogP) is 6.38. The molecule has 0 heterocycles. The van der Waals surface area contributed by atoms with Crippen molar-refractivity contribution < 1.29 is 18.0 Å². The fourth-order valence-electron chi connectivity index (χ4n) is 4.68. The number of hydrogen-bond donors (Lipinski definition) is 1. The number of benzene rings is 4. The minimum Gasteiger partial charge on any atom is -0.355 e. The number of aryl methyl sites for hydroxylation is 1. The number of amides is 2. The fourth-order valence-corrected chi connectivity index (χ4v) is 6.71. The SMILES string of the molecule is CCNC(=O)C(Cc1ccccc1)N(Cc1cccc(Br)c1)C(=O)CN(c1cccc(Cl)c1)S(=O)(=O)c1ccc(C)cc1. The summed E-state index contributed by atoms with van der Waals surface area (Å²) < 4.78 is 30.0. The zero-order chi connectivity index (χ0) is 31.0. The Hall–Kier alpha value is -3.66. The van der Waals surface area contributed by atoms with Crippen molar-refractivity contribution in [3.63, 3.8) is 0 Å². The van der Waals surface area contributed by atoms with Gasteiger partial charge in [-0.3, -0.25) is 13.9 Å². The minimum absolute atomic E-state index is 0.0361. The Bertz CT molecular complexity index is 1670. The number of nitrogens with one attached hydrogen (secondary N) is 1. The summed E-state index contributed by atoms with van der Waals surface area (Å²) in [6.07, 6.45) is 0.244. The average Bonchev–Trinajstić information content (AvgIpc) is 2.98. The molecule has 4 rings (SSSR count). The van der Waals surface area contributed by atoms with Crippen LogP contribution in [-0.4, -0.2) is 44.3 Å². The van der Waals surface area contributed by atoms with Gasteiger partial charge in [0.25, 0.3) is 10.0 Å². The van der Waals surface area contributed by atoms with Crippen LogP contribution in [0.1, 0.15) is 23.6 Å². The van der Waals surface area contributed by atoms with Gasteiger partial charge in [-0.25, -0.2) is 8.42 Å². The molecule has 7 nitrogen and oxygen atoms in total. The highest BCUT2D eigenvalue weighted by Gasteiger charge is 2.34. The lowest BCUT2D eigenvalue weighted by molar-refractivity contribution is -0.140. The van der Waals surface area contributed by atoms with Crippen molar-refractivity contribution >= 4 is 55.1 Å². The fraction of sp³-hybridized carbons (Fsp3) is 0.212. The quantitative estimate of drug-likeness (QED) is 0.188. The topological polar surface area (TPSA) is 86.8 Å². The van der Waals surface area contributed by atoms with Crippen LogP contribution in [-0.2, 0) is 32.6 Å². The molecule has 0 saturated heterocycles. The second-order valence-electron chi connectivity index (χ2n) is 10.1. The maximum absolute atomic E-state index is 14.4. The molecule has 0 aliphatic rings. The predicted molar refractivity (Wildman–Crippen MR) is 174 cm³/mol. The minimum atomic E-state index is -4.19. The van der Waals surface area contributed by atoms with E-state index in [1.807, 2.05) is 68.4 Å². The number of carbonyl (C=O) groups excluding carboxylic acids is 2. The van der Waals surface area contributed by atoms with Crippen LogP contribution in [0.2, 0.25) is 5.02 Å². The van der Waals surface area contributed by atoms with Crippen molar-refractivity contribution in [2.45, 2.75) is 37.8 Å². The molecule has 0 fully saturated rings. The molecular formula is C33H33BrClN3O4S. The second kappa shape index (κ2) is 14.7. The highest BCUT2D eigenvalue weighted by molar-refractivity contribution is 9.10. The van der Waals surface area contributed by atoms with E-state index in [0.29, 0.717) is 11.6 Å². The Kier molecular flexibility index (Phi) is 11.0. The molecule has 1 atom stereocenters. The van der Waals surface area contributed by atoms with Crippen LogP contribution in [0.4, 0.5) is 5.69 Å². The van der Waals surface area contributed by atoms with Gasteiger partial charge in [0.15, 0.2) is 0 Å². The Labute approximate surface area is 266 Å². The van der Waals surface area contributed by atoms with E-state index in [-0.39, 0.29) is 29.5 Å². The third kappa shape index (κ3) is 8.46. The molecular weight excluding hydrogens is 650 g/mol. The molecule has 1 N–H and O–H groups in total. The number of rotatable bonds is 12. The summed E-state index contributed by atoms with van der Waals surface area (Å²) in [5, 5.41) is 3.18. The number of carbonyl (C=O) groups is 2. The van der Waals surface area contributed by atoms with Gasteiger partial charge in [0, 0.05) is 29.0 Å². The van der Waals surface area contributed by atoms with E-state index in [2.05, 4.69) is 21.2 Å². The van der Waals surface area contributed by atoms with Gasteiger partial charge < -0.3 is 10.2 Å². The number of nitrogens with zero attached hydrogens (tertiary/aromatic N) is 2. The summed E-state index contributed by atoms with van der Waals surface area (Å²) in [5.41, 5.74) is 2.78. The lowest BCUT2D eigenvalue weighted by Gasteiger charge is -2.34. The first kappa shape index (κ1) is 32.3. The Balaban J connectivity index is 1.80. The van der Waals surface area contributed by atoms with Gasteiger partial charge in [-0.15, -0.1) is 0 Å². The smallest absolute Gasteiger partial charge is 0.264 e. The highest BCUT2D eigenvalue weighted by atomic mass is 79.9. The van der Waals surface area contributed by atoms with E-state index >= 15 is 0 Å². The summed E-state index contributed by atoms with van der Waals surface area (Å²) in [6, 6.07) is 28.8. The number of halogens is 2. The van der Waals surface area contributed by atoms with Crippen molar-refractivity contribution in [2.75, 3.05) is 17.4 Å². The van der Waals surface area contributed by atoms with E-state index in [0.717, 1.165) is 25.5 Å². The van der Waals surface area contributed by atoms with Gasteiger partial charge in [-0.2, -0.15) is 0 Å². The lowest BCUT2D eigenvalue weighted by Crippen LogP contribution is -2.53. The Morgan fingerprint density at radius 1 is 0.884 bits per heavy atom. The van der Waals surface area contributed by atoms with Crippen LogP contribution in [0.15, 0.2) is 112 Å². The van der Waals surface area contributed by atoms with Crippen LogP contribution >= 0.6 is 27.5 Å².